The highest BCUT2D eigenvalue weighted by molar-refractivity contribution is 7.88. The number of amides is 2. The van der Waals surface area contributed by atoms with Crippen LogP contribution in [0.15, 0.2) is 12.1 Å². The van der Waals surface area contributed by atoms with Crippen molar-refractivity contribution in [1.29, 1.82) is 0 Å². The molecule has 1 aromatic rings. The second-order valence-electron chi connectivity index (χ2n) is 6.86. The highest BCUT2D eigenvalue weighted by Crippen LogP contribution is 2.17. The Morgan fingerprint density at radius 3 is 2.06 bits per heavy atom. The SMILES string of the molecule is CS(=O)(=O)N1CCN(C(=O)CCl)N(C(=O)C[C@H](N)Cc2cc(F)c(F)cc2F)CC1.Cl. The van der Waals surface area contributed by atoms with Crippen molar-refractivity contribution in [2.75, 3.05) is 38.3 Å². The number of nitrogens with zero attached hydrogens (tertiary/aromatic N) is 3. The van der Waals surface area contributed by atoms with Gasteiger partial charge in [0.2, 0.25) is 15.9 Å². The van der Waals surface area contributed by atoms with Gasteiger partial charge < -0.3 is 5.73 Å². The number of carbonyl (C=O) groups is 2. The van der Waals surface area contributed by atoms with Gasteiger partial charge in [0.15, 0.2) is 11.6 Å². The molecule has 1 atom stereocenters. The van der Waals surface area contributed by atoms with E-state index in [0.717, 1.165) is 20.6 Å². The Hall–Kier alpha value is -1.60. The summed E-state index contributed by atoms with van der Waals surface area (Å²) in [5.74, 6) is -5.20. The lowest BCUT2D eigenvalue weighted by molar-refractivity contribution is -0.161. The van der Waals surface area contributed by atoms with Gasteiger partial charge in [0, 0.05) is 31.6 Å². The summed E-state index contributed by atoms with van der Waals surface area (Å²) in [5, 5.41) is 2.13. The standard InChI is InChI=1S/C17H22ClF3N4O4S.ClH/c1-30(28,29)23-2-4-24(25(5-3-23)17(27)10-18)16(26)8-12(22)6-11-7-14(20)15(21)9-13(11)19;/h7,9,12H,2-6,8,10,22H2,1H3;1H/t12-;/m1./s1. The maximum atomic E-state index is 13.8. The maximum absolute atomic E-state index is 13.8. The van der Waals surface area contributed by atoms with Crippen molar-refractivity contribution in [2.45, 2.75) is 18.9 Å². The average Bonchev–Trinajstić information content (AvgIpc) is 2.88. The van der Waals surface area contributed by atoms with Gasteiger partial charge in [-0.05, 0) is 18.1 Å². The number of halogens is 5. The molecule has 176 valence electrons. The number of carbonyl (C=O) groups excluding carboxylic acids is 2. The first-order chi connectivity index (χ1) is 13.9. The largest absolute Gasteiger partial charge is 0.327 e. The first-order valence-electron chi connectivity index (χ1n) is 8.94. The minimum absolute atomic E-state index is 0. The van der Waals surface area contributed by atoms with Crippen LogP contribution in [-0.4, -0.2) is 78.9 Å². The van der Waals surface area contributed by atoms with E-state index in [1.54, 1.807) is 0 Å². The zero-order valence-electron chi connectivity index (χ0n) is 16.6. The smallest absolute Gasteiger partial charge is 0.256 e. The molecule has 1 aliphatic rings. The molecule has 2 amide bonds. The highest BCUT2D eigenvalue weighted by Gasteiger charge is 2.32. The molecule has 0 spiro atoms. The van der Waals surface area contributed by atoms with Gasteiger partial charge in [-0.1, -0.05) is 0 Å². The molecular weight excluding hydrogens is 484 g/mol. The first kappa shape index (κ1) is 27.4. The average molecular weight is 507 g/mol. The number of sulfonamides is 1. The van der Waals surface area contributed by atoms with Crippen LogP contribution in [0.3, 0.4) is 0 Å². The summed E-state index contributed by atoms with van der Waals surface area (Å²) in [5.41, 5.74) is 5.70. The van der Waals surface area contributed by atoms with Crippen LogP contribution in [0.2, 0.25) is 0 Å². The molecule has 1 fully saturated rings. The number of hydrazine groups is 1. The van der Waals surface area contributed by atoms with Gasteiger partial charge in [0.05, 0.1) is 19.3 Å². The van der Waals surface area contributed by atoms with Gasteiger partial charge in [0.25, 0.3) is 5.91 Å². The number of alkyl halides is 1. The van der Waals surface area contributed by atoms with Gasteiger partial charge in [0.1, 0.15) is 11.7 Å². The maximum Gasteiger partial charge on any atom is 0.256 e. The van der Waals surface area contributed by atoms with E-state index in [9.17, 15) is 31.2 Å². The summed E-state index contributed by atoms with van der Waals surface area (Å²) < 4.78 is 65.0. The molecule has 0 aliphatic carbocycles. The van der Waals surface area contributed by atoms with Crippen molar-refractivity contribution in [3.05, 3.63) is 35.1 Å². The van der Waals surface area contributed by atoms with Crippen molar-refractivity contribution in [3.8, 4) is 0 Å². The summed E-state index contributed by atoms with van der Waals surface area (Å²) >= 11 is 5.60. The lowest BCUT2D eigenvalue weighted by Crippen LogP contribution is -2.52. The lowest BCUT2D eigenvalue weighted by Gasteiger charge is -2.33. The molecule has 0 radical (unpaired) electrons. The summed E-state index contributed by atoms with van der Waals surface area (Å²) in [6.07, 6.45) is 0.426. The van der Waals surface area contributed by atoms with Crippen molar-refractivity contribution in [1.82, 2.24) is 14.3 Å². The molecular formula is C17H23Cl2F3N4O4S. The van der Waals surface area contributed by atoms with Crippen molar-refractivity contribution in [2.24, 2.45) is 5.73 Å². The van der Waals surface area contributed by atoms with Crippen molar-refractivity contribution in [3.63, 3.8) is 0 Å². The summed E-state index contributed by atoms with van der Waals surface area (Å²) in [7, 11) is -3.54. The molecule has 0 bridgehead atoms. The second kappa shape index (κ2) is 11.3. The van der Waals surface area contributed by atoms with Crippen LogP contribution in [0.1, 0.15) is 12.0 Å². The fourth-order valence-electron chi connectivity index (χ4n) is 3.09. The molecule has 2 rings (SSSR count). The minimum Gasteiger partial charge on any atom is -0.327 e. The van der Waals surface area contributed by atoms with E-state index in [-0.39, 0.29) is 57.0 Å². The molecule has 1 aliphatic heterocycles. The molecule has 14 heteroatoms. The van der Waals surface area contributed by atoms with E-state index in [1.807, 2.05) is 0 Å². The van der Waals surface area contributed by atoms with Gasteiger partial charge in [-0.25, -0.2) is 26.6 Å². The van der Waals surface area contributed by atoms with Crippen LogP contribution < -0.4 is 5.73 Å². The van der Waals surface area contributed by atoms with E-state index in [2.05, 4.69) is 0 Å². The number of benzene rings is 1. The van der Waals surface area contributed by atoms with Crippen LogP contribution in [0.4, 0.5) is 13.2 Å². The van der Waals surface area contributed by atoms with Crippen molar-refractivity contribution >= 4 is 45.8 Å². The minimum atomic E-state index is -3.54. The predicted molar refractivity (Wildman–Crippen MR) is 110 cm³/mol. The monoisotopic (exact) mass is 506 g/mol. The first-order valence-corrected chi connectivity index (χ1v) is 11.3. The molecule has 0 unspecified atom stereocenters. The Kier molecular flexibility index (Phi) is 10.0. The molecule has 0 aromatic heterocycles. The molecule has 2 N–H and O–H groups in total. The fraction of sp³-hybridized carbons (Fsp3) is 0.529. The summed E-state index contributed by atoms with van der Waals surface area (Å²) in [6.45, 7) is -0.251. The van der Waals surface area contributed by atoms with E-state index >= 15 is 0 Å². The van der Waals surface area contributed by atoms with E-state index in [0.29, 0.717) is 12.1 Å². The van der Waals surface area contributed by atoms with Gasteiger partial charge >= 0.3 is 0 Å². The lowest BCUT2D eigenvalue weighted by atomic mass is 10.0. The Balaban J connectivity index is 0.00000480. The summed E-state index contributed by atoms with van der Waals surface area (Å²) in [6, 6.07) is 0.113. The topological polar surface area (TPSA) is 104 Å². The quantitative estimate of drug-likeness (QED) is 0.455. The summed E-state index contributed by atoms with van der Waals surface area (Å²) in [4.78, 5) is 24.9. The normalized spacial score (nSPS) is 16.5. The zero-order valence-corrected chi connectivity index (χ0v) is 19.0. The number of nitrogens with two attached hydrogens (primary N) is 1. The third-order valence-corrected chi connectivity index (χ3v) is 6.11. The molecule has 8 nitrogen and oxygen atoms in total. The number of hydrogen-bond acceptors (Lipinski definition) is 5. The van der Waals surface area contributed by atoms with Gasteiger partial charge in [-0.15, -0.1) is 24.0 Å². The Labute approximate surface area is 189 Å². The molecule has 31 heavy (non-hydrogen) atoms. The van der Waals surface area contributed by atoms with Gasteiger partial charge in [-0.3, -0.25) is 14.6 Å². The van der Waals surface area contributed by atoms with Crippen molar-refractivity contribution < 1.29 is 31.2 Å². The van der Waals surface area contributed by atoms with E-state index < -0.39 is 51.2 Å². The van der Waals surface area contributed by atoms with Crippen LogP contribution in [0, 0.1) is 17.5 Å². The number of rotatable bonds is 6. The third kappa shape index (κ3) is 7.21. The third-order valence-electron chi connectivity index (χ3n) is 4.58. The Morgan fingerprint density at radius 2 is 1.55 bits per heavy atom. The predicted octanol–water partition coefficient (Wildman–Crippen LogP) is 0.872. The number of hydrogen-bond donors (Lipinski definition) is 1. The molecule has 0 saturated carbocycles. The van der Waals surface area contributed by atoms with Crippen LogP contribution in [0.25, 0.3) is 0 Å². The zero-order chi connectivity index (χ0) is 22.6. The van der Waals surface area contributed by atoms with Crippen LogP contribution in [-0.2, 0) is 26.0 Å². The van der Waals surface area contributed by atoms with E-state index in [1.165, 1.54) is 0 Å². The van der Waals surface area contributed by atoms with Crippen LogP contribution in [0.5, 0.6) is 0 Å². The van der Waals surface area contributed by atoms with Gasteiger partial charge in [-0.2, -0.15) is 4.31 Å². The highest BCUT2D eigenvalue weighted by atomic mass is 35.5. The molecule has 1 heterocycles. The Morgan fingerprint density at radius 1 is 1.03 bits per heavy atom. The Bertz CT molecular complexity index is 923. The fourth-order valence-corrected chi connectivity index (χ4v) is 4.05. The molecule has 1 saturated heterocycles. The second-order valence-corrected chi connectivity index (χ2v) is 9.11. The van der Waals surface area contributed by atoms with Crippen LogP contribution >= 0.6 is 24.0 Å². The molecule has 1 aromatic carbocycles. The van der Waals surface area contributed by atoms with E-state index in [4.69, 9.17) is 17.3 Å².